The number of allylic oxidation sites excluding steroid dienone is 1. The molecule has 0 aromatic carbocycles. The van der Waals surface area contributed by atoms with Gasteiger partial charge in [-0.15, -0.1) is 0 Å². The predicted molar refractivity (Wildman–Crippen MR) is 206 cm³/mol. The molecular weight excluding hydrogens is 816 g/mol. The van der Waals surface area contributed by atoms with Gasteiger partial charge in [0, 0.05) is 73.8 Å². The van der Waals surface area contributed by atoms with Crippen LogP contribution < -0.4 is 0 Å². The van der Waals surface area contributed by atoms with E-state index < -0.39 is 129 Å². The number of ether oxygens (including phenoxy) is 10. The van der Waals surface area contributed by atoms with Crippen molar-refractivity contribution in [2.75, 3.05) is 14.2 Å². The third kappa shape index (κ3) is 5.47. The van der Waals surface area contributed by atoms with Crippen LogP contribution in [0.1, 0.15) is 113 Å². The minimum Gasteiger partial charge on any atom is -0.472 e. The van der Waals surface area contributed by atoms with Crippen LogP contribution in [0.4, 0.5) is 0 Å². The number of furan rings is 1. The Labute approximate surface area is 358 Å². The van der Waals surface area contributed by atoms with Crippen LogP contribution >= 0.6 is 0 Å². The molecule has 4 saturated carbocycles. The molecule has 6 fully saturated rings. The zero-order valence-corrected chi connectivity index (χ0v) is 37.2. The molecule has 62 heavy (non-hydrogen) atoms. The van der Waals surface area contributed by atoms with Gasteiger partial charge in [0.1, 0.15) is 17.8 Å². The lowest BCUT2D eigenvalue weighted by molar-refractivity contribution is -0.486. The number of rotatable bonds is 13. The van der Waals surface area contributed by atoms with Crippen LogP contribution in [-0.2, 0) is 80.9 Å². The third-order valence-corrected chi connectivity index (χ3v) is 15.2. The van der Waals surface area contributed by atoms with E-state index in [4.69, 9.17) is 51.8 Å². The van der Waals surface area contributed by atoms with Gasteiger partial charge in [0.15, 0.2) is 23.4 Å². The lowest BCUT2D eigenvalue weighted by atomic mass is 9.33. The zero-order chi connectivity index (χ0) is 45.8. The molecule has 14 atom stereocenters. The second kappa shape index (κ2) is 14.6. The van der Waals surface area contributed by atoms with Gasteiger partial charge >= 0.3 is 41.8 Å². The van der Waals surface area contributed by atoms with Gasteiger partial charge in [-0.2, -0.15) is 0 Å². The highest BCUT2D eigenvalue weighted by Gasteiger charge is 3.06. The van der Waals surface area contributed by atoms with Crippen LogP contribution in [0.25, 0.3) is 0 Å². The van der Waals surface area contributed by atoms with Gasteiger partial charge in [0.25, 0.3) is 5.97 Å². The molecule has 18 heteroatoms. The van der Waals surface area contributed by atoms with E-state index in [9.17, 15) is 33.6 Å². The Balaban J connectivity index is 1.72. The van der Waals surface area contributed by atoms with Gasteiger partial charge in [-0.25, -0.2) is 4.79 Å². The van der Waals surface area contributed by atoms with Crippen molar-refractivity contribution in [1.82, 2.24) is 0 Å². The minimum atomic E-state index is -2.37. The molecule has 0 radical (unpaired) electrons. The third-order valence-electron chi connectivity index (χ3n) is 15.2. The Hall–Kier alpha value is -4.81. The fourth-order valence-corrected chi connectivity index (χ4v) is 13.5. The molecule has 2 aliphatic heterocycles. The molecule has 2 saturated heterocycles. The van der Waals surface area contributed by atoms with E-state index in [-0.39, 0.29) is 31.3 Å². The maximum atomic E-state index is 14.3. The first-order valence-electron chi connectivity index (χ1n) is 20.8. The molecule has 0 N–H and O–H groups in total. The standard InChI is InChI=1S/C44H56O18/c1-13-22(3)34(51)58-35-38(8)21-41-39(9,27(38)17-31(49)52-11)44-29(55-23(4)45)19-37(7,33(56-24(5)46)26-15-16-54-20-26)28(18-32(50)53-12)42(44,61-40(10,60-41)62-44)36(57-30(48)14-2)43(35,41)59-25(6)47/h13,15-16,20,27-29,33,35-36H,14,17-19,21H2,1-12H3/b22-13+/t27-,28-,29+,33-,35-,36+,37-,38+,39+,40-,41-,42-,43-,44+/m1/s1. The second-order valence-corrected chi connectivity index (χ2v) is 18.3. The van der Waals surface area contributed by atoms with Gasteiger partial charge in [0.2, 0.25) is 5.60 Å². The Morgan fingerprint density at radius 1 is 0.806 bits per heavy atom. The minimum absolute atomic E-state index is 0.116. The van der Waals surface area contributed by atoms with E-state index in [0.29, 0.717) is 5.56 Å². The first-order valence-corrected chi connectivity index (χ1v) is 20.8. The van der Waals surface area contributed by atoms with Crippen LogP contribution in [0.2, 0.25) is 0 Å². The van der Waals surface area contributed by atoms with Crippen molar-refractivity contribution in [3.63, 3.8) is 0 Å². The monoisotopic (exact) mass is 872 g/mol. The topological polar surface area (TPSA) is 225 Å². The van der Waals surface area contributed by atoms with Crippen molar-refractivity contribution in [3.8, 4) is 0 Å². The van der Waals surface area contributed by atoms with Crippen molar-refractivity contribution in [2.45, 2.75) is 154 Å². The summed E-state index contributed by atoms with van der Waals surface area (Å²) in [6.07, 6.45) is -3.53. The molecule has 7 rings (SSSR count). The number of hydrogen-bond donors (Lipinski definition) is 0. The van der Waals surface area contributed by atoms with Gasteiger partial charge in [-0.1, -0.05) is 33.8 Å². The summed E-state index contributed by atoms with van der Waals surface area (Å²) in [5, 5.41) is 0. The highest BCUT2D eigenvalue weighted by atomic mass is 16.9. The summed E-state index contributed by atoms with van der Waals surface area (Å²) in [7, 11) is 2.39. The molecule has 4 aliphatic carbocycles. The van der Waals surface area contributed by atoms with Crippen LogP contribution in [0.3, 0.4) is 0 Å². The van der Waals surface area contributed by atoms with Crippen molar-refractivity contribution < 1.29 is 85.3 Å². The number of hydrogen-bond acceptors (Lipinski definition) is 18. The number of carbonyl (C=O) groups excluding carboxylic acids is 7. The molecule has 18 nitrogen and oxygen atoms in total. The van der Waals surface area contributed by atoms with E-state index in [1.807, 2.05) is 0 Å². The fraction of sp³-hybridized carbons (Fsp3) is 0.705. The largest absolute Gasteiger partial charge is 0.472 e. The Bertz CT molecular complexity index is 2110. The van der Waals surface area contributed by atoms with Gasteiger partial charge in [-0.05, 0) is 38.7 Å². The van der Waals surface area contributed by atoms with Gasteiger partial charge in [0.05, 0.1) is 33.2 Å². The van der Waals surface area contributed by atoms with Crippen LogP contribution in [0.15, 0.2) is 34.7 Å². The summed E-state index contributed by atoms with van der Waals surface area (Å²) < 4.78 is 70.5. The van der Waals surface area contributed by atoms with E-state index in [0.717, 1.165) is 6.92 Å². The molecule has 2 spiro atoms. The molecule has 6 aliphatic rings. The van der Waals surface area contributed by atoms with Crippen LogP contribution in [0.5, 0.6) is 0 Å². The van der Waals surface area contributed by atoms with Crippen LogP contribution in [-0.4, -0.2) is 103 Å². The van der Waals surface area contributed by atoms with Crippen LogP contribution in [0, 0.1) is 28.1 Å². The summed E-state index contributed by atoms with van der Waals surface area (Å²) in [5.74, 6) is -10.1. The summed E-state index contributed by atoms with van der Waals surface area (Å²) in [6.45, 7) is 14.9. The molecular formula is C44H56O18. The quantitative estimate of drug-likeness (QED) is 0.151. The highest BCUT2D eigenvalue weighted by molar-refractivity contribution is 5.88. The first-order chi connectivity index (χ1) is 28.9. The average molecular weight is 873 g/mol. The molecule has 0 unspecified atom stereocenters. The highest BCUT2D eigenvalue weighted by Crippen LogP contribution is 2.90. The normalized spacial score (nSPS) is 42.3. The predicted octanol–water partition coefficient (Wildman–Crippen LogP) is 4.50. The Morgan fingerprint density at radius 3 is 1.98 bits per heavy atom. The smallest absolute Gasteiger partial charge is 0.333 e. The Morgan fingerprint density at radius 2 is 1.45 bits per heavy atom. The van der Waals surface area contributed by atoms with Crippen molar-refractivity contribution in [1.29, 1.82) is 0 Å². The van der Waals surface area contributed by atoms with Crippen molar-refractivity contribution >= 4 is 41.8 Å². The summed E-state index contributed by atoms with van der Waals surface area (Å²) in [6, 6.07) is 1.56. The van der Waals surface area contributed by atoms with E-state index in [1.54, 1.807) is 33.8 Å². The summed E-state index contributed by atoms with van der Waals surface area (Å²) in [5.41, 5.74) is -13.0. The number of esters is 7. The lowest BCUT2D eigenvalue weighted by Crippen LogP contribution is -2.96. The SMILES string of the molecule is C/C=C(\C)C(=O)O[C@@H]1[C@@]2(C)C[C@@]34O[C@]5(C)O[C@]6([C@H](CC(=O)OC)[C@](C)([C@H](OC(C)=O)c7ccoc7)C[C@H](OC(C)=O)[C@]6(O5)[C@@]3(C)[C@@H]2CC(=O)OC)[C@H](OC(=O)CC)[C@]14OC(C)=O. The lowest BCUT2D eigenvalue weighted by Gasteiger charge is -2.77. The zero-order valence-electron chi connectivity index (χ0n) is 37.2. The van der Waals surface area contributed by atoms with Gasteiger partial charge in [-0.3, -0.25) is 28.8 Å². The maximum Gasteiger partial charge on any atom is 0.333 e. The molecule has 1 aromatic heterocycles. The number of carbonyl (C=O) groups is 7. The van der Waals surface area contributed by atoms with E-state index >= 15 is 0 Å². The molecule has 4 bridgehead atoms. The molecule has 340 valence electrons. The number of fused-ring (bicyclic) bond motifs is 2. The summed E-state index contributed by atoms with van der Waals surface area (Å²) in [4.78, 5) is 97.3. The number of methoxy groups -OCH3 is 2. The fourth-order valence-electron chi connectivity index (χ4n) is 13.5. The van der Waals surface area contributed by atoms with Gasteiger partial charge < -0.3 is 51.8 Å². The maximum absolute atomic E-state index is 14.3. The average Bonchev–Trinajstić information content (AvgIpc) is 3.90. The molecule has 3 heterocycles. The van der Waals surface area contributed by atoms with E-state index in [2.05, 4.69) is 0 Å². The molecule has 1 aromatic rings. The summed E-state index contributed by atoms with van der Waals surface area (Å²) >= 11 is 0. The molecule has 0 amide bonds. The van der Waals surface area contributed by atoms with Crippen molar-refractivity contribution in [3.05, 3.63) is 35.8 Å². The van der Waals surface area contributed by atoms with E-state index in [1.165, 1.54) is 67.4 Å². The van der Waals surface area contributed by atoms with Crippen molar-refractivity contribution in [2.24, 2.45) is 28.1 Å². The second-order valence-electron chi connectivity index (χ2n) is 18.3. The Kier molecular flexibility index (Phi) is 10.7. The first kappa shape index (κ1) is 45.2.